The highest BCUT2D eigenvalue weighted by molar-refractivity contribution is 5.79. The molecule has 1 aromatic heterocycles. The van der Waals surface area contributed by atoms with Crippen LogP contribution in [-0.4, -0.2) is 49.5 Å². The summed E-state index contributed by atoms with van der Waals surface area (Å²) >= 11 is 0. The van der Waals surface area contributed by atoms with Crippen LogP contribution in [0.1, 0.15) is 19.3 Å². The van der Waals surface area contributed by atoms with Crippen LogP contribution in [0.3, 0.4) is 0 Å². The van der Waals surface area contributed by atoms with Crippen molar-refractivity contribution in [2.24, 2.45) is 0 Å². The van der Waals surface area contributed by atoms with Crippen LogP contribution in [0.5, 0.6) is 5.75 Å². The lowest BCUT2D eigenvalue weighted by atomic mass is 10.0. The summed E-state index contributed by atoms with van der Waals surface area (Å²) < 4.78 is 22.0. The number of amides is 1. The number of piperidine rings is 1. The van der Waals surface area contributed by atoms with Crippen LogP contribution < -0.4 is 10.4 Å². The molecule has 0 aliphatic carbocycles. The van der Waals surface area contributed by atoms with Gasteiger partial charge in [0.05, 0.1) is 19.3 Å². The minimum Gasteiger partial charge on any atom is -0.484 e. The first-order valence-corrected chi connectivity index (χ1v) is 8.90. The number of carbonyl (C=O) groups is 1. The Morgan fingerprint density at radius 1 is 1.15 bits per heavy atom. The van der Waals surface area contributed by atoms with Gasteiger partial charge in [-0.05, 0) is 37.5 Å². The fourth-order valence-corrected chi connectivity index (χ4v) is 3.51. The minimum atomic E-state index is -0.418. The average Bonchev–Trinajstić information content (AvgIpc) is 3.20. The summed E-state index contributed by atoms with van der Waals surface area (Å²) in [4.78, 5) is 25.8. The van der Waals surface area contributed by atoms with Crippen LogP contribution in [0, 0.1) is 0 Å². The SMILES string of the molecule is O=C(COc1ccc2ccc(=O)oc2c1)N1CCCCC1C1OCCO1. The van der Waals surface area contributed by atoms with Gasteiger partial charge in [-0.1, -0.05) is 0 Å². The number of carbonyl (C=O) groups excluding carboxylic acids is 1. The van der Waals surface area contributed by atoms with E-state index < -0.39 is 5.63 Å². The molecule has 0 N–H and O–H groups in total. The Balaban J connectivity index is 1.43. The Bertz CT molecular complexity index is 841. The van der Waals surface area contributed by atoms with E-state index in [4.69, 9.17) is 18.6 Å². The van der Waals surface area contributed by atoms with Gasteiger partial charge in [0, 0.05) is 24.1 Å². The molecule has 1 aromatic carbocycles. The van der Waals surface area contributed by atoms with Crippen LogP contribution in [0.4, 0.5) is 0 Å². The van der Waals surface area contributed by atoms with Crippen LogP contribution in [0.25, 0.3) is 11.0 Å². The van der Waals surface area contributed by atoms with E-state index in [1.807, 2.05) is 0 Å². The molecule has 0 saturated carbocycles. The highest BCUT2D eigenvalue weighted by atomic mass is 16.7. The van der Waals surface area contributed by atoms with Crippen molar-refractivity contribution < 1.29 is 23.4 Å². The number of hydrogen-bond donors (Lipinski definition) is 0. The molecular formula is C19H21NO6. The summed E-state index contributed by atoms with van der Waals surface area (Å²) in [6, 6.07) is 8.18. The van der Waals surface area contributed by atoms with Crippen molar-refractivity contribution in [3.63, 3.8) is 0 Å². The molecule has 0 bridgehead atoms. The zero-order chi connectivity index (χ0) is 17.9. The maximum Gasteiger partial charge on any atom is 0.336 e. The second-order valence-corrected chi connectivity index (χ2v) is 6.50. The zero-order valence-corrected chi connectivity index (χ0v) is 14.4. The van der Waals surface area contributed by atoms with Gasteiger partial charge in [0.1, 0.15) is 11.3 Å². The number of likely N-dealkylation sites (tertiary alicyclic amines) is 1. The minimum absolute atomic E-state index is 0.0584. The van der Waals surface area contributed by atoms with E-state index in [1.165, 1.54) is 6.07 Å². The van der Waals surface area contributed by atoms with Gasteiger partial charge in [0.25, 0.3) is 5.91 Å². The summed E-state index contributed by atoms with van der Waals surface area (Å²) in [6.07, 6.45) is 2.56. The van der Waals surface area contributed by atoms with Gasteiger partial charge in [-0.2, -0.15) is 0 Å². The second-order valence-electron chi connectivity index (χ2n) is 6.50. The van der Waals surface area contributed by atoms with Crippen LogP contribution in [0.15, 0.2) is 39.5 Å². The van der Waals surface area contributed by atoms with Crippen molar-refractivity contribution in [1.29, 1.82) is 0 Å². The van der Waals surface area contributed by atoms with E-state index in [0.717, 1.165) is 24.6 Å². The summed E-state index contributed by atoms with van der Waals surface area (Å²) in [5.41, 5.74) is 0.0181. The number of benzene rings is 1. The van der Waals surface area contributed by atoms with Crippen LogP contribution in [0.2, 0.25) is 0 Å². The van der Waals surface area contributed by atoms with E-state index in [2.05, 4.69) is 0 Å². The van der Waals surface area contributed by atoms with Crippen molar-refractivity contribution in [3.05, 3.63) is 40.8 Å². The highest BCUT2D eigenvalue weighted by Crippen LogP contribution is 2.25. The second kappa shape index (κ2) is 7.47. The molecule has 2 aromatic rings. The lowest BCUT2D eigenvalue weighted by Gasteiger charge is -2.37. The Morgan fingerprint density at radius 2 is 1.96 bits per heavy atom. The topological polar surface area (TPSA) is 78.2 Å². The highest BCUT2D eigenvalue weighted by Gasteiger charge is 2.36. The molecule has 1 atom stereocenters. The molecule has 2 aliphatic heterocycles. The average molecular weight is 359 g/mol. The Morgan fingerprint density at radius 3 is 2.81 bits per heavy atom. The normalized spacial score (nSPS) is 21.2. The van der Waals surface area contributed by atoms with E-state index in [9.17, 15) is 9.59 Å². The first-order valence-electron chi connectivity index (χ1n) is 8.90. The van der Waals surface area contributed by atoms with Gasteiger partial charge in [-0.3, -0.25) is 4.79 Å². The first-order chi connectivity index (χ1) is 12.7. The lowest BCUT2D eigenvalue weighted by Crippen LogP contribution is -2.51. The fourth-order valence-electron chi connectivity index (χ4n) is 3.51. The quantitative estimate of drug-likeness (QED) is 0.776. The van der Waals surface area contributed by atoms with Gasteiger partial charge < -0.3 is 23.5 Å². The van der Waals surface area contributed by atoms with E-state index in [1.54, 1.807) is 29.2 Å². The number of fused-ring (bicyclic) bond motifs is 1. The van der Waals surface area contributed by atoms with E-state index in [0.29, 0.717) is 31.1 Å². The number of rotatable bonds is 4. The number of nitrogens with zero attached hydrogens (tertiary/aromatic N) is 1. The largest absolute Gasteiger partial charge is 0.484 e. The molecule has 0 radical (unpaired) electrons. The molecule has 4 rings (SSSR count). The monoisotopic (exact) mass is 359 g/mol. The summed E-state index contributed by atoms with van der Waals surface area (Å²) in [5.74, 6) is 0.394. The van der Waals surface area contributed by atoms with Crippen molar-refractivity contribution in [2.75, 3.05) is 26.4 Å². The fraction of sp³-hybridized carbons (Fsp3) is 0.474. The third-order valence-corrected chi connectivity index (χ3v) is 4.79. The molecule has 7 heteroatoms. The first kappa shape index (κ1) is 17.1. The van der Waals surface area contributed by atoms with Gasteiger partial charge in [-0.25, -0.2) is 4.79 Å². The molecule has 3 heterocycles. The summed E-state index contributed by atoms with van der Waals surface area (Å²) in [5, 5.41) is 0.801. The van der Waals surface area contributed by atoms with Gasteiger partial charge in [0.15, 0.2) is 12.9 Å². The molecule has 138 valence electrons. The van der Waals surface area contributed by atoms with Crippen molar-refractivity contribution in [3.8, 4) is 5.75 Å². The maximum absolute atomic E-state index is 12.7. The van der Waals surface area contributed by atoms with Crippen molar-refractivity contribution in [1.82, 2.24) is 4.90 Å². The van der Waals surface area contributed by atoms with Crippen LogP contribution in [-0.2, 0) is 14.3 Å². The van der Waals surface area contributed by atoms with Gasteiger partial charge in [0.2, 0.25) is 0 Å². The Kier molecular flexibility index (Phi) is 4.90. The molecule has 0 spiro atoms. The van der Waals surface area contributed by atoms with E-state index in [-0.39, 0.29) is 24.8 Å². The van der Waals surface area contributed by atoms with Crippen molar-refractivity contribution >= 4 is 16.9 Å². The van der Waals surface area contributed by atoms with Gasteiger partial charge in [-0.15, -0.1) is 0 Å². The maximum atomic E-state index is 12.7. The predicted molar refractivity (Wildman–Crippen MR) is 93.0 cm³/mol. The number of hydrogen-bond acceptors (Lipinski definition) is 6. The van der Waals surface area contributed by atoms with Crippen molar-refractivity contribution in [2.45, 2.75) is 31.6 Å². The molecule has 2 saturated heterocycles. The molecule has 7 nitrogen and oxygen atoms in total. The van der Waals surface area contributed by atoms with Gasteiger partial charge >= 0.3 is 5.63 Å². The summed E-state index contributed by atoms with van der Waals surface area (Å²) in [7, 11) is 0. The third kappa shape index (κ3) is 3.59. The molecule has 2 aliphatic rings. The Labute approximate surface area is 150 Å². The van der Waals surface area contributed by atoms with Crippen LogP contribution >= 0.6 is 0 Å². The molecular weight excluding hydrogens is 338 g/mol. The lowest BCUT2D eigenvalue weighted by molar-refractivity contribution is -0.152. The molecule has 26 heavy (non-hydrogen) atoms. The Hall–Kier alpha value is -2.38. The standard InChI is InChI=1S/C19H21NO6/c21-17(20-8-2-1-3-15(20)19-23-9-10-24-19)12-25-14-6-4-13-5-7-18(22)26-16(13)11-14/h4-7,11,15,19H,1-3,8-10,12H2. The molecule has 1 amide bonds. The molecule has 2 fully saturated rings. The molecule has 1 unspecified atom stereocenters. The summed E-state index contributed by atoms with van der Waals surface area (Å²) in [6.45, 7) is 1.75. The third-order valence-electron chi connectivity index (χ3n) is 4.79. The number of ether oxygens (including phenoxy) is 3. The smallest absolute Gasteiger partial charge is 0.336 e. The van der Waals surface area contributed by atoms with E-state index >= 15 is 0 Å². The predicted octanol–water partition coefficient (Wildman–Crippen LogP) is 1.93. The zero-order valence-electron chi connectivity index (χ0n) is 14.4.